The molecule has 0 aliphatic heterocycles. The van der Waals surface area contributed by atoms with E-state index < -0.39 is 21.8 Å². The van der Waals surface area contributed by atoms with Gasteiger partial charge in [0.15, 0.2) is 0 Å². The molecule has 1 rings (SSSR count). The minimum Gasteiger partial charge on any atom is -0.370 e. The van der Waals surface area contributed by atoms with E-state index in [4.69, 9.17) is 0 Å². The summed E-state index contributed by atoms with van der Waals surface area (Å²) in [5.74, 6) is -1.38. The summed E-state index contributed by atoms with van der Waals surface area (Å²) in [6.45, 7) is 2.17. The number of anilines is 2. The van der Waals surface area contributed by atoms with E-state index >= 15 is 0 Å². The van der Waals surface area contributed by atoms with Gasteiger partial charge in [-0.05, 0) is 6.92 Å². The number of nitrogens with one attached hydrogen (secondary N) is 1. The van der Waals surface area contributed by atoms with Crippen LogP contribution in [0.25, 0.3) is 0 Å². The van der Waals surface area contributed by atoms with Crippen molar-refractivity contribution < 1.29 is 21.6 Å². The molecule has 0 bridgehead atoms. The number of alkyl halides is 3. The molecule has 21 heavy (non-hydrogen) atoms. The monoisotopic (exact) mass is 326 g/mol. The van der Waals surface area contributed by atoms with Gasteiger partial charge in [0.25, 0.3) is 0 Å². The van der Waals surface area contributed by atoms with Crippen molar-refractivity contribution in [1.82, 2.24) is 9.97 Å². The van der Waals surface area contributed by atoms with Gasteiger partial charge in [0.2, 0.25) is 5.82 Å². The molecular weight excluding hydrogens is 309 g/mol. The Morgan fingerprint density at radius 1 is 1.33 bits per heavy atom. The lowest BCUT2D eigenvalue weighted by atomic mass is 10.4. The Bertz CT molecular complexity index is 590. The maximum Gasteiger partial charge on any atom is 0.451 e. The molecule has 1 aromatic rings. The summed E-state index contributed by atoms with van der Waals surface area (Å²) in [6.07, 6.45) is -3.61. The van der Waals surface area contributed by atoms with Crippen LogP contribution in [-0.2, 0) is 16.0 Å². The van der Waals surface area contributed by atoms with Crippen LogP contribution in [0.5, 0.6) is 0 Å². The van der Waals surface area contributed by atoms with Crippen molar-refractivity contribution >= 4 is 21.5 Å². The Morgan fingerprint density at radius 3 is 2.43 bits per heavy atom. The molecule has 0 spiro atoms. The molecule has 0 aromatic carbocycles. The van der Waals surface area contributed by atoms with Crippen molar-refractivity contribution in [2.75, 3.05) is 42.4 Å². The molecule has 1 N–H and O–H groups in total. The van der Waals surface area contributed by atoms with E-state index in [2.05, 4.69) is 15.3 Å². The zero-order chi connectivity index (χ0) is 16.3. The lowest BCUT2D eigenvalue weighted by molar-refractivity contribution is -0.144. The fraction of sp³-hybridized carbons (Fsp3) is 0.636. The van der Waals surface area contributed by atoms with Crippen LogP contribution in [0.1, 0.15) is 12.7 Å². The number of hydrogen-bond donors (Lipinski definition) is 1. The molecule has 6 nitrogen and oxygen atoms in total. The van der Waals surface area contributed by atoms with Gasteiger partial charge in [0, 0.05) is 32.5 Å². The Hall–Kier alpha value is -1.58. The molecule has 1 heterocycles. The minimum absolute atomic E-state index is 0.0110. The molecular formula is C11H17F3N4O2S. The van der Waals surface area contributed by atoms with Gasteiger partial charge in [0.1, 0.15) is 21.5 Å². The summed E-state index contributed by atoms with van der Waals surface area (Å²) in [6, 6.07) is 1.35. The topological polar surface area (TPSA) is 75.2 Å². The molecule has 10 heteroatoms. The van der Waals surface area contributed by atoms with E-state index in [0.29, 0.717) is 6.54 Å². The molecule has 0 atom stereocenters. The Balaban J connectivity index is 3.07. The number of sulfone groups is 1. The normalized spacial score (nSPS) is 12.3. The zero-order valence-corrected chi connectivity index (χ0v) is 12.7. The van der Waals surface area contributed by atoms with Crippen LogP contribution >= 0.6 is 0 Å². The summed E-state index contributed by atoms with van der Waals surface area (Å²) >= 11 is 0. The SMILES string of the molecule is CCNc1cc(N(C)CCS(C)(=O)=O)nc(C(F)(F)F)n1. The molecule has 0 aliphatic carbocycles. The summed E-state index contributed by atoms with van der Waals surface area (Å²) < 4.78 is 60.5. The molecule has 1 aromatic heterocycles. The Kier molecular flexibility index (Phi) is 5.37. The van der Waals surface area contributed by atoms with E-state index in [-0.39, 0.29) is 23.9 Å². The van der Waals surface area contributed by atoms with Gasteiger partial charge in [-0.1, -0.05) is 0 Å². The van der Waals surface area contributed by atoms with E-state index in [0.717, 1.165) is 6.26 Å². The summed E-state index contributed by atoms with van der Waals surface area (Å²) in [5.41, 5.74) is 0. The van der Waals surface area contributed by atoms with Crippen LogP contribution in [-0.4, -0.2) is 50.5 Å². The number of halogens is 3. The van der Waals surface area contributed by atoms with Crippen molar-refractivity contribution in [3.8, 4) is 0 Å². The highest BCUT2D eigenvalue weighted by Gasteiger charge is 2.35. The van der Waals surface area contributed by atoms with Gasteiger partial charge in [-0.3, -0.25) is 0 Å². The van der Waals surface area contributed by atoms with Crippen LogP contribution in [0.15, 0.2) is 6.07 Å². The molecule has 0 radical (unpaired) electrons. The second kappa shape index (κ2) is 6.46. The first-order valence-electron chi connectivity index (χ1n) is 6.12. The molecule has 0 amide bonds. The molecule has 0 fully saturated rings. The van der Waals surface area contributed by atoms with Crippen molar-refractivity contribution in [1.29, 1.82) is 0 Å². The van der Waals surface area contributed by atoms with Gasteiger partial charge in [-0.25, -0.2) is 18.4 Å². The first-order valence-corrected chi connectivity index (χ1v) is 8.18. The molecule has 0 saturated heterocycles. The Morgan fingerprint density at radius 2 is 1.95 bits per heavy atom. The highest BCUT2D eigenvalue weighted by Crippen LogP contribution is 2.29. The van der Waals surface area contributed by atoms with E-state index in [1.54, 1.807) is 6.92 Å². The fourth-order valence-electron chi connectivity index (χ4n) is 1.45. The largest absolute Gasteiger partial charge is 0.451 e. The van der Waals surface area contributed by atoms with Gasteiger partial charge < -0.3 is 10.2 Å². The maximum atomic E-state index is 12.8. The second-order valence-electron chi connectivity index (χ2n) is 4.51. The van der Waals surface area contributed by atoms with Gasteiger partial charge in [0.05, 0.1) is 5.75 Å². The fourth-order valence-corrected chi connectivity index (χ4v) is 2.05. The highest BCUT2D eigenvalue weighted by atomic mass is 32.2. The van der Waals surface area contributed by atoms with Crippen LogP contribution in [0.3, 0.4) is 0 Å². The molecule has 0 aliphatic rings. The first-order chi connectivity index (χ1) is 9.53. The van der Waals surface area contributed by atoms with Crippen molar-refractivity contribution in [2.24, 2.45) is 0 Å². The highest BCUT2D eigenvalue weighted by molar-refractivity contribution is 7.90. The number of aromatic nitrogens is 2. The minimum atomic E-state index is -4.67. The second-order valence-corrected chi connectivity index (χ2v) is 6.77. The summed E-state index contributed by atoms with van der Waals surface area (Å²) in [4.78, 5) is 8.18. The number of nitrogens with zero attached hydrogens (tertiary/aromatic N) is 3. The van der Waals surface area contributed by atoms with Crippen LogP contribution in [0.2, 0.25) is 0 Å². The van der Waals surface area contributed by atoms with Crippen LogP contribution in [0, 0.1) is 0 Å². The first kappa shape index (κ1) is 17.5. The van der Waals surface area contributed by atoms with Crippen LogP contribution in [0.4, 0.5) is 24.8 Å². The number of rotatable bonds is 6. The van der Waals surface area contributed by atoms with Crippen molar-refractivity contribution in [3.05, 3.63) is 11.9 Å². The summed E-state index contributed by atoms with van der Waals surface area (Å²) in [5, 5.41) is 2.69. The predicted octanol–water partition coefficient (Wildman–Crippen LogP) is 1.41. The third-order valence-electron chi connectivity index (χ3n) is 2.51. The van der Waals surface area contributed by atoms with Gasteiger partial charge >= 0.3 is 6.18 Å². The third kappa shape index (κ3) is 5.74. The Labute approximate surface area is 121 Å². The van der Waals surface area contributed by atoms with E-state index in [9.17, 15) is 21.6 Å². The van der Waals surface area contributed by atoms with Crippen molar-refractivity contribution in [2.45, 2.75) is 13.1 Å². The zero-order valence-electron chi connectivity index (χ0n) is 11.9. The average Bonchev–Trinajstić information content (AvgIpc) is 2.34. The quantitative estimate of drug-likeness (QED) is 0.852. The molecule has 0 saturated carbocycles. The van der Waals surface area contributed by atoms with E-state index in [1.807, 2.05) is 0 Å². The maximum absolute atomic E-state index is 12.8. The third-order valence-corrected chi connectivity index (χ3v) is 3.44. The van der Waals surface area contributed by atoms with E-state index in [1.165, 1.54) is 18.0 Å². The van der Waals surface area contributed by atoms with Gasteiger partial charge in [-0.15, -0.1) is 0 Å². The summed E-state index contributed by atoms with van der Waals surface area (Å²) in [7, 11) is -1.73. The molecule has 0 unspecified atom stereocenters. The molecule has 120 valence electrons. The average molecular weight is 326 g/mol. The number of hydrogen-bond acceptors (Lipinski definition) is 6. The van der Waals surface area contributed by atoms with Crippen molar-refractivity contribution in [3.63, 3.8) is 0 Å². The van der Waals surface area contributed by atoms with Crippen LogP contribution < -0.4 is 10.2 Å². The smallest absolute Gasteiger partial charge is 0.370 e. The predicted molar refractivity (Wildman–Crippen MR) is 74.2 cm³/mol. The lowest BCUT2D eigenvalue weighted by Gasteiger charge is -2.19. The standard InChI is InChI=1S/C11H17F3N4O2S/c1-4-15-8-7-9(17-10(16-8)11(12,13)14)18(2)5-6-21(3,19)20/h7H,4-6H2,1-3H3,(H,15,16,17). The lowest BCUT2D eigenvalue weighted by Crippen LogP contribution is -2.27. The van der Waals surface area contributed by atoms with Gasteiger partial charge in [-0.2, -0.15) is 13.2 Å².